The molecule has 0 spiro atoms. The normalized spacial score (nSPS) is 11.6. The Morgan fingerprint density at radius 2 is 2.00 bits per heavy atom. The topological polar surface area (TPSA) is 55.1 Å². The maximum Gasteiger partial charge on any atom is 0.416 e. The summed E-state index contributed by atoms with van der Waals surface area (Å²) in [6.45, 7) is 1.99. The number of carbonyl (C=O) groups excluding carboxylic acids is 1. The van der Waals surface area contributed by atoms with Gasteiger partial charge in [-0.25, -0.2) is 4.98 Å². The van der Waals surface area contributed by atoms with Crippen molar-refractivity contribution in [2.75, 3.05) is 5.32 Å². The number of thiazole rings is 1. The van der Waals surface area contributed by atoms with Gasteiger partial charge in [0.15, 0.2) is 5.13 Å². The molecule has 0 aliphatic rings. The number of hydrogen-bond donors (Lipinski definition) is 1. The molecule has 0 fully saturated rings. The van der Waals surface area contributed by atoms with Crippen LogP contribution in [0, 0.1) is 0 Å². The first-order valence-corrected chi connectivity index (χ1v) is 10.1. The molecule has 0 saturated carbocycles. The first-order chi connectivity index (χ1) is 13.7. The van der Waals surface area contributed by atoms with Crippen molar-refractivity contribution in [2.24, 2.45) is 0 Å². The van der Waals surface area contributed by atoms with Crippen molar-refractivity contribution in [1.29, 1.82) is 0 Å². The summed E-state index contributed by atoms with van der Waals surface area (Å²) in [5.41, 5.74) is -0.397. The lowest BCUT2D eigenvalue weighted by Gasteiger charge is -2.09. The summed E-state index contributed by atoms with van der Waals surface area (Å²) in [5, 5.41) is 3.35. The first kappa shape index (κ1) is 21.4. The van der Waals surface area contributed by atoms with Gasteiger partial charge in [-0.05, 0) is 35.9 Å². The fourth-order valence-corrected chi connectivity index (χ4v) is 3.72. The minimum absolute atomic E-state index is 0.197. The Labute approximate surface area is 174 Å². The van der Waals surface area contributed by atoms with Crippen molar-refractivity contribution < 1.29 is 22.4 Å². The highest BCUT2D eigenvalue weighted by Crippen LogP contribution is 2.33. The van der Waals surface area contributed by atoms with Gasteiger partial charge in [0.1, 0.15) is 11.5 Å². The van der Waals surface area contributed by atoms with Crippen molar-refractivity contribution in [3.05, 3.63) is 69.1 Å². The lowest BCUT2D eigenvalue weighted by Crippen LogP contribution is -2.11. The highest BCUT2D eigenvalue weighted by molar-refractivity contribution is 7.15. The third-order valence-corrected chi connectivity index (χ3v) is 5.48. The number of alkyl halides is 3. The summed E-state index contributed by atoms with van der Waals surface area (Å²) < 4.78 is 44.3. The SMILES string of the molecule is CCc1ccc(CCC(=O)Nc2ncc(Cc3cc(C(F)(F)F)ccc3Cl)s2)o1. The Balaban J connectivity index is 1.58. The minimum atomic E-state index is -4.43. The predicted octanol–water partition coefficient (Wildman–Crippen LogP) is 6.13. The molecular formula is C20H18ClF3N2O2S. The van der Waals surface area contributed by atoms with Crippen LogP contribution in [-0.2, 0) is 30.2 Å². The van der Waals surface area contributed by atoms with Crippen molar-refractivity contribution >= 4 is 34.0 Å². The predicted molar refractivity (Wildman–Crippen MR) is 106 cm³/mol. The average Bonchev–Trinajstić information content (AvgIpc) is 3.30. The van der Waals surface area contributed by atoms with E-state index in [1.807, 2.05) is 19.1 Å². The Morgan fingerprint density at radius 3 is 2.69 bits per heavy atom. The van der Waals surface area contributed by atoms with E-state index in [-0.39, 0.29) is 23.8 Å². The van der Waals surface area contributed by atoms with Crippen molar-refractivity contribution in [1.82, 2.24) is 4.98 Å². The average molecular weight is 443 g/mol. The van der Waals surface area contributed by atoms with Gasteiger partial charge in [0.25, 0.3) is 0 Å². The zero-order valence-corrected chi connectivity index (χ0v) is 17.0. The van der Waals surface area contributed by atoms with Crippen molar-refractivity contribution in [2.45, 2.75) is 38.8 Å². The number of hydrogen-bond acceptors (Lipinski definition) is 4. The summed E-state index contributed by atoms with van der Waals surface area (Å²) in [6, 6.07) is 6.97. The van der Waals surface area contributed by atoms with Crippen LogP contribution < -0.4 is 5.32 Å². The molecule has 0 aliphatic carbocycles. The Hall–Kier alpha value is -2.32. The lowest BCUT2D eigenvalue weighted by molar-refractivity contribution is -0.137. The molecular weight excluding hydrogens is 425 g/mol. The zero-order chi connectivity index (χ0) is 21.0. The maximum absolute atomic E-state index is 12.9. The molecule has 3 rings (SSSR count). The molecule has 0 radical (unpaired) electrons. The summed E-state index contributed by atoms with van der Waals surface area (Å²) in [7, 11) is 0. The number of benzene rings is 1. The Morgan fingerprint density at radius 1 is 1.24 bits per heavy atom. The summed E-state index contributed by atoms with van der Waals surface area (Å²) in [4.78, 5) is 16.9. The van der Waals surface area contributed by atoms with Crippen LogP contribution in [0.15, 0.2) is 40.9 Å². The number of aromatic nitrogens is 1. The molecule has 1 aromatic carbocycles. The molecule has 4 nitrogen and oxygen atoms in total. The van der Waals surface area contributed by atoms with Crippen LogP contribution in [0.1, 0.15) is 40.9 Å². The van der Waals surface area contributed by atoms with Gasteiger partial charge in [-0.15, -0.1) is 11.3 Å². The quantitative estimate of drug-likeness (QED) is 0.478. The van der Waals surface area contributed by atoms with E-state index in [0.717, 1.165) is 30.1 Å². The molecule has 9 heteroatoms. The van der Waals surface area contributed by atoms with Crippen LogP contribution in [0.5, 0.6) is 0 Å². The van der Waals surface area contributed by atoms with E-state index in [9.17, 15) is 18.0 Å². The van der Waals surface area contributed by atoms with Crippen molar-refractivity contribution in [3.8, 4) is 0 Å². The molecule has 0 atom stereocenters. The largest absolute Gasteiger partial charge is 0.466 e. The lowest BCUT2D eigenvalue weighted by atomic mass is 10.1. The third kappa shape index (κ3) is 5.83. The fourth-order valence-electron chi connectivity index (χ4n) is 2.69. The number of halogens is 4. The van der Waals surface area contributed by atoms with Gasteiger partial charge in [0.05, 0.1) is 5.56 Å². The monoisotopic (exact) mass is 442 g/mol. The summed E-state index contributed by atoms with van der Waals surface area (Å²) >= 11 is 7.24. The second-order valence-electron chi connectivity index (χ2n) is 6.38. The van der Waals surface area contributed by atoms with E-state index in [2.05, 4.69) is 10.3 Å². The molecule has 0 unspecified atom stereocenters. The molecule has 2 aromatic heterocycles. The third-order valence-electron chi connectivity index (χ3n) is 4.20. The molecule has 154 valence electrons. The highest BCUT2D eigenvalue weighted by atomic mass is 35.5. The number of aryl methyl sites for hydroxylation is 2. The second-order valence-corrected chi connectivity index (χ2v) is 7.90. The van der Waals surface area contributed by atoms with Gasteiger partial charge in [-0.2, -0.15) is 13.2 Å². The molecule has 0 bridgehead atoms. The number of rotatable bonds is 7. The minimum Gasteiger partial charge on any atom is -0.466 e. The van der Waals surface area contributed by atoms with E-state index in [1.54, 1.807) is 0 Å². The van der Waals surface area contributed by atoms with Gasteiger partial charge < -0.3 is 9.73 Å². The smallest absolute Gasteiger partial charge is 0.416 e. The zero-order valence-electron chi connectivity index (χ0n) is 15.5. The summed E-state index contributed by atoms with van der Waals surface area (Å²) in [5.74, 6) is 1.41. The van der Waals surface area contributed by atoms with Crippen LogP contribution in [0.2, 0.25) is 5.02 Å². The van der Waals surface area contributed by atoms with E-state index in [1.165, 1.54) is 23.6 Å². The number of nitrogens with one attached hydrogen (secondary N) is 1. The fraction of sp³-hybridized carbons (Fsp3) is 0.300. The van der Waals surface area contributed by atoms with Crippen LogP contribution in [0.3, 0.4) is 0 Å². The highest BCUT2D eigenvalue weighted by Gasteiger charge is 2.30. The van der Waals surface area contributed by atoms with Crippen LogP contribution in [0.25, 0.3) is 0 Å². The number of nitrogens with zero attached hydrogens (tertiary/aromatic N) is 1. The van der Waals surface area contributed by atoms with E-state index >= 15 is 0 Å². The van der Waals surface area contributed by atoms with Gasteiger partial charge in [0.2, 0.25) is 5.91 Å². The van der Waals surface area contributed by atoms with Gasteiger partial charge >= 0.3 is 6.18 Å². The first-order valence-electron chi connectivity index (χ1n) is 8.92. The van der Waals surface area contributed by atoms with Gasteiger partial charge in [0, 0.05) is 41.8 Å². The molecule has 1 N–H and O–H groups in total. The summed E-state index contributed by atoms with van der Waals surface area (Å²) in [6.07, 6.45) is -1.20. The standard InChI is InChI=1S/C20H18ClF3N2O2S/c1-2-14-4-5-15(28-14)6-8-18(27)26-19-25-11-16(29-19)10-12-9-13(20(22,23)24)3-7-17(12)21/h3-5,7,9,11H,2,6,8,10H2,1H3,(H,25,26,27). The van der Waals surface area contributed by atoms with E-state index in [0.29, 0.717) is 22.0 Å². The van der Waals surface area contributed by atoms with E-state index in [4.69, 9.17) is 16.0 Å². The second kappa shape index (κ2) is 9.00. The number of anilines is 1. The molecule has 0 saturated heterocycles. The van der Waals surface area contributed by atoms with Crippen LogP contribution in [-0.4, -0.2) is 10.9 Å². The van der Waals surface area contributed by atoms with Gasteiger partial charge in [-0.3, -0.25) is 4.79 Å². The van der Waals surface area contributed by atoms with E-state index < -0.39 is 11.7 Å². The molecule has 29 heavy (non-hydrogen) atoms. The molecule has 3 aromatic rings. The number of carbonyl (C=O) groups is 1. The molecule has 1 amide bonds. The molecule has 0 aliphatic heterocycles. The molecule has 2 heterocycles. The van der Waals surface area contributed by atoms with Crippen LogP contribution in [0.4, 0.5) is 18.3 Å². The van der Waals surface area contributed by atoms with Crippen molar-refractivity contribution in [3.63, 3.8) is 0 Å². The Bertz CT molecular complexity index is 998. The number of amides is 1. The number of furan rings is 1. The van der Waals surface area contributed by atoms with Crippen LogP contribution >= 0.6 is 22.9 Å². The van der Waals surface area contributed by atoms with Gasteiger partial charge in [-0.1, -0.05) is 18.5 Å². The maximum atomic E-state index is 12.9. The Kier molecular flexibility index (Phi) is 6.64.